The Labute approximate surface area is 103 Å². The lowest BCUT2D eigenvalue weighted by Crippen LogP contribution is -2.39. The largest absolute Gasteiger partial charge is 0.490 e. The van der Waals surface area contributed by atoms with Crippen LogP contribution in [0.5, 0.6) is 11.5 Å². The molecule has 96 valence electrons. The number of nitrogens with one attached hydrogen (secondary N) is 2. The maximum Gasteiger partial charge on any atom is 0.323 e. The summed E-state index contributed by atoms with van der Waals surface area (Å²) in [5, 5.41) is 2.40. The Balaban J connectivity index is 2.13. The van der Waals surface area contributed by atoms with E-state index in [1.807, 2.05) is 0 Å². The summed E-state index contributed by atoms with van der Waals surface area (Å²) in [6.45, 7) is 1.14. The fourth-order valence-corrected chi connectivity index (χ4v) is 1.49. The Morgan fingerprint density at radius 1 is 1.11 bits per heavy atom. The highest BCUT2D eigenvalue weighted by molar-refractivity contribution is 6.39. The van der Waals surface area contributed by atoms with Crippen molar-refractivity contribution in [2.45, 2.75) is 6.42 Å². The van der Waals surface area contributed by atoms with Gasteiger partial charge < -0.3 is 14.8 Å². The first-order valence-electron chi connectivity index (χ1n) is 5.42. The van der Waals surface area contributed by atoms with Crippen molar-refractivity contribution in [2.24, 2.45) is 5.84 Å². The molecule has 0 saturated carbocycles. The highest BCUT2D eigenvalue weighted by Crippen LogP contribution is 2.32. The van der Waals surface area contributed by atoms with Crippen molar-refractivity contribution in [1.82, 2.24) is 5.43 Å². The second-order valence-electron chi connectivity index (χ2n) is 3.64. The molecule has 0 radical (unpaired) electrons. The first-order valence-corrected chi connectivity index (χ1v) is 5.42. The predicted octanol–water partition coefficient (Wildman–Crippen LogP) is -0.224. The molecule has 0 atom stereocenters. The number of benzene rings is 1. The van der Waals surface area contributed by atoms with E-state index < -0.39 is 11.8 Å². The van der Waals surface area contributed by atoms with Gasteiger partial charge >= 0.3 is 11.8 Å². The highest BCUT2D eigenvalue weighted by atomic mass is 16.5. The summed E-state index contributed by atoms with van der Waals surface area (Å²) in [7, 11) is 0. The number of hydrogen-bond donors (Lipinski definition) is 3. The number of rotatable bonds is 1. The number of nitrogens with two attached hydrogens (primary N) is 1. The van der Waals surface area contributed by atoms with Crippen LogP contribution in [0.15, 0.2) is 18.2 Å². The lowest BCUT2D eigenvalue weighted by Gasteiger charge is -2.09. The molecule has 1 heterocycles. The third kappa shape index (κ3) is 2.69. The van der Waals surface area contributed by atoms with Crippen LogP contribution in [0.2, 0.25) is 0 Å². The normalized spacial score (nSPS) is 13.4. The molecule has 0 bridgehead atoms. The molecule has 0 spiro atoms. The molecule has 18 heavy (non-hydrogen) atoms. The SMILES string of the molecule is NNC(=O)C(=O)Nc1ccc2c(c1)OCCCO2. The molecule has 7 nitrogen and oxygen atoms in total. The van der Waals surface area contributed by atoms with Gasteiger partial charge in [0.1, 0.15) is 0 Å². The third-order valence-corrected chi connectivity index (χ3v) is 2.34. The van der Waals surface area contributed by atoms with Gasteiger partial charge in [-0.05, 0) is 12.1 Å². The fraction of sp³-hybridized carbons (Fsp3) is 0.273. The molecule has 1 aromatic carbocycles. The van der Waals surface area contributed by atoms with E-state index in [0.717, 1.165) is 6.42 Å². The highest BCUT2D eigenvalue weighted by Gasteiger charge is 2.15. The van der Waals surface area contributed by atoms with Gasteiger partial charge in [0, 0.05) is 18.2 Å². The standard InChI is InChI=1S/C11H13N3O4/c12-14-11(16)10(15)13-7-2-3-8-9(6-7)18-5-1-4-17-8/h2-3,6H,1,4-5,12H2,(H,13,15)(H,14,16). The molecule has 0 unspecified atom stereocenters. The first kappa shape index (κ1) is 12.2. The summed E-state index contributed by atoms with van der Waals surface area (Å²) >= 11 is 0. The second kappa shape index (κ2) is 5.37. The predicted molar refractivity (Wildman–Crippen MR) is 63.0 cm³/mol. The Morgan fingerprint density at radius 2 is 1.83 bits per heavy atom. The number of fused-ring (bicyclic) bond motifs is 1. The van der Waals surface area contributed by atoms with Gasteiger partial charge in [-0.15, -0.1) is 0 Å². The Kier molecular flexibility index (Phi) is 3.63. The van der Waals surface area contributed by atoms with Gasteiger partial charge in [0.05, 0.1) is 13.2 Å². The molecule has 2 rings (SSSR count). The second-order valence-corrected chi connectivity index (χ2v) is 3.64. The average Bonchev–Trinajstić information content (AvgIpc) is 2.62. The minimum atomic E-state index is -0.915. The number of carbonyl (C=O) groups is 2. The molecule has 0 aromatic heterocycles. The number of anilines is 1. The van der Waals surface area contributed by atoms with Crippen LogP contribution < -0.4 is 26.1 Å². The maximum atomic E-state index is 11.3. The van der Waals surface area contributed by atoms with Crippen molar-refractivity contribution < 1.29 is 19.1 Å². The van der Waals surface area contributed by atoms with Gasteiger partial charge in [0.2, 0.25) is 0 Å². The van der Waals surface area contributed by atoms with Gasteiger partial charge in [-0.2, -0.15) is 0 Å². The van der Waals surface area contributed by atoms with E-state index in [2.05, 4.69) is 5.32 Å². The van der Waals surface area contributed by atoms with E-state index in [1.54, 1.807) is 23.6 Å². The molecule has 0 fully saturated rings. The monoisotopic (exact) mass is 251 g/mol. The van der Waals surface area contributed by atoms with Crippen molar-refractivity contribution >= 4 is 17.5 Å². The zero-order valence-corrected chi connectivity index (χ0v) is 9.56. The zero-order valence-electron chi connectivity index (χ0n) is 9.56. The van der Waals surface area contributed by atoms with Crippen LogP contribution >= 0.6 is 0 Å². The molecule has 0 saturated heterocycles. The molecule has 2 amide bonds. The lowest BCUT2D eigenvalue weighted by atomic mass is 10.2. The Morgan fingerprint density at radius 3 is 2.56 bits per heavy atom. The van der Waals surface area contributed by atoms with Crippen LogP contribution in [0.3, 0.4) is 0 Å². The van der Waals surface area contributed by atoms with E-state index in [1.165, 1.54) is 0 Å². The molecule has 1 aromatic rings. The van der Waals surface area contributed by atoms with E-state index >= 15 is 0 Å². The van der Waals surface area contributed by atoms with Crippen molar-refractivity contribution in [3.05, 3.63) is 18.2 Å². The van der Waals surface area contributed by atoms with E-state index in [4.69, 9.17) is 15.3 Å². The number of hydrogen-bond acceptors (Lipinski definition) is 5. The van der Waals surface area contributed by atoms with E-state index in [0.29, 0.717) is 30.4 Å². The van der Waals surface area contributed by atoms with Crippen LogP contribution in [-0.2, 0) is 9.59 Å². The zero-order chi connectivity index (χ0) is 13.0. The Hall–Kier alpha value is -2.28. The topological polar surface area (TPSA) is 103 Å². The smallest absolute Gasteiger partial charge is 0.323 e. The minimum absolute atomic E-state index is 0.438. The Bertz CT molecular complexity index is 475. The maximum absolute atomic E-state index is 11.3. The lowest BCUT2D eigenvalue weighted by molar-refractivity contribution is -0.136. The number of amides is 2. The quantitative estimate of drug-likeness (QED) is 0.277. The van der Waals surface area contributed by atoms with E-state index in [9.17, 15) is 9.59 Å². The molecule has 0 aliphatic carbocycles. The van der Waals surface area contributed by atoms with Crippen LogP contribution in [0.4, 0.5) is 5.69 Å². The van der Waals surface area contributed by atoms with Gasteiger partial charge in [-0.25, -0.2) is 5.84 Å². The molecule has 4 N–H and O–H groups in total. The molecule has 7 heteroatoms. The minimum Gasteiger partial charge on any atom is -0.490 e. The summed E-state index contributed by atoms with van der Waals surface area (Å²) in [6.07, 6.45) is 0.798. The van der Waals surface area contributed by atoms with Crippen molar-refractivity contribution in [3.63, 3.8) is 0 Å². The van der Waals surface area contributed by atoms with Gasteiger partial charge in [-0.1, -0.05) is 0 Å². The number of hydrazine groups is 1. The van der Waals surface area contributed by atoms with Crippen molar-refractivity contribution in [1.29, 1.82) is 0 Å². The van der Waals surface area contributed by atoms with Gasteiger partial charge in [0.25, 0.3) is 0 Å². The molecule has 1 aliphatic heterocycles. The van der Waals surface area contributed by atoms with Gasteiger partial charge in [0.15, 0.2) is 11.5 Å². The van der Waals surface area contributed by atoms with Crippen LogP contribution in [-0.4, -0.2) is 25.0 Å². The first-order chi connectivity index (χ1) is 8.70. The van der Waals surface area contributed by atoms with Crippen LogP contribution in [0.1, 0.15) is 6.42 Å². The van der Waals surface area contributed by atoms with Crippen LogP contribution in [0, 0.1) is 0 Å². The van der Waals surface area contributed by atoms with Crippen molar-refractivity contribution in [3.8, 4) is 11.5 Å². The molecule has 1 aliphatic rings. The molecular weight excluding hydrogens is 238 g/mol. The summed E-state index contributed by atoms with van der Waals surface area (Å²) < 4.78 is 10.9. The fourth-order valence-electron chi connectivity index (χ4n) is 1.49. The van der Waals surface area contributed by atoms with E-state index in [-0.39, 0.29) is 0 Å². The summed E-state index contributed by atoms with van der Waals surface area (Å²) in [5.41, 5.74) is 2.19. The molecular formula is C11H13N3O4. The summed E-state index contributed by atoms with van der Waals surface area (Å²) in [6, 6.07) is 4.90. The summed E-state index contributed by atoms with van der Waals surface area (Å²) in [5.74, 6) is 4.26. The van der Waals surface area contributed by atoms with Crippen molar-refractivity contribution in [2.75, 3.05) is 18.5 Å². The van der Waals surface area contributed by atoms with Crippen LogP contribution in [0.25, 0.3) is 0 Å². The number of ether oxygens (including phenoxy) is 2. The third-order valence-electron chi connectivity index (χ3n) is 2.34. The number of carbonyl (C=O) groups excluding carboxylic acids is 2. The summed E-state index contributed by atoms with van der Waals surface area (Å²) in [4.78, 5) is 22.3. The average molecular weight is 251 g/mol. The van der Waals surface area contributed by atoms with Gasteiger partial charge in [-0.3, -0.25) is 15.0 Å².